The van der Waals surface area contributed by atoms with Gasteiger partial charge in [-0.1, -0.05) is 0 Å². The van der Waals surface area contributed by atoms with Gasteiger partial charge in [-0.2, -0.15) is 0 Å². The Morgan fingerprint density at radius 3 is 2.52 bits per heavy atom. The number of hydrogen-bond acceptors (Lipinski definition) is 7. The number of alkyl halides is 2. The van der Waals surface area contributed by atoms with Crippen molar-refractivity contribution in [3.63, 3.8) is 0 Å². The number of halogens is 3. The molecule has 0 bridgehead atoms. The summed E-state index contributed by atoms with van der Waals surface area (Å²) in [6.07, 6.45) is 0.998. The number of amidine groups is 1. The number of nitrogens with zero attached hydrogens (tertiary/aromatic N) is 2. The third kappa shape index (κ3) is 5.63. The Hall–Kier alpha value is -4.00. The first kappa shape index (κ1) is 25.3. The van der Waals surface area contributed by atoms with Crippen molar-refractivity contribution in [3.05, 3.63) is 59.2 Å². The second-order valence-corrected chi connectivity index (χ2v) is 6.86. The first-order valence-corrected chi connectivity index (χ1v) is 9.13. The zero-order chi connectivity index (χ0) is 24.8. The van der Waals surface area contributed by atoms with Crippen LogP contribution in [-0.2, 0) is 15.1 Å². The lowest BCUT2D eigenvalue weighted by atomic mass is 9.85. The van der Waals surface area contributed by atoms with Gasteiger partial charge in [0.2, 0.25) is 0 Å². The molecule has 0 fully saturated rings. The molecule has 10 nitrogen and oxygen atoms in total. The van der Waals surface area contributed by atoms with Gasteiger partial charge >= 0.3 is 5.97 Å². The zero-order valence-corrected chi connectivity index (χ0v) is 17.1. The maximum absolute atomic E-state index is 14.7. The number of carbonyl (C=O) groups is 3. The van der Waals surface area contributed by atoms with Crippen LogP contribution in [0.2, 0.25) is 0 Å². The van der Waals surface area contributed by atoms with Gasteiger partial charge in [-0.25, -0.2) is 18.0 Å². The summed E-state index contributed by atoms with van der Waals surface area (Å²) in [4.78, 5) is 39.1. The molecule has 0 saturated carbocycles. The van der Waals surface area contributed by atoms with Crippen molar-refractivity contribution in [3.8, 4) is 0 Å². The Bertz CT molecular complexity index is 1080. The number of hydrogen-bond donors (Lipinski definition) is 4. The molecule has 2 heterocycles. The quantitative estimate of drug-likeness (QED) is 0.496. The second-order valence-electron chi connectivity index (χ2n) is 6.86. The van der Waals surface area contributed by atoms with Gasteiger partial charge in [0.25, 0.3) is 18.3 Å². The van der Waals surface area contributed by atoms with Gasteiger partial charge in [0.05, 0.1) is 5.56 Å². The number of rotatable bonds is 4. The Morgan fingerprint density at radius 2 is 1.94 bits per heavy atom. The molecule has 1 aliphatic rings. The third-order valence-corrected chi connectivity index (χ3v) is 4.60. The van der Waals surface area contributed by atoms with E-state index in [9.17, 15) is 22.8 Å². The van der Waals surface area contributed by atoms with Crippen molar-refractivity contribution in [2.45, 2.75) is 18.4 Å². The average Bonchev–Trinajstić information content (AvgIpc) is 2.85. The standard InChI is InChI=1S/C19H17F3N4O4.CH2O2/c1-18(19(21,22)9-30-8-15(23)26-18)12-6-11(3-4-13(12)20)25-16(27)14-5-2-10(7-24-14)17(28)29;2-1-3/h2-7H,8-9H2,1H3,(H2,23,26)(H,25,27)(H,28,29);1H,(H,2,3). The van der Waals surface area contributed by atoms with E-state index in [0.29, 0.717) is 0 Å². The van der Waals surface area contributed by atoms with E-state index in [1.165, 1.54) is 18.2 Å². The number of aromatic carboxylic acids is 1. The molecule has 1 unspecified atom stereocenters. The Balaban J connectivity index is 0.00000122. The van der Waals surface area contributed by atoms with Crippen LogP contribution in [0.15, 0.2) is 41.5 Å². The minimum atomic E-state index is -3.58. The fourth-order valence-corrected chi connectivity index (χ4v) is 2.91. The zero-order valence-electron chi connectivity index (χ0n) is 17.1. The van der Waals surface area contributed by atoms with Crippen LogP contribution in [0.25, 0.3) is 0 Å². The molecule has 0 saturated heterocycles. The van der Waals surface area contributed by atoms with E-state index in [-0.39, 0.29) is 35.9 Å². The van der Waals surface area contributed by atoms with Crippen molar-refractivity contribution in [2.24, 2.45) is 10.7 Å². The SMILES string of the molecule is CC1(c2cc(NC(=O)c3ccc(C(=O)O)cn3)ccc2F)N=C(N)COCC1(F)F.O=CO. The number of nitrogens with one attached hydrogen (secondary N) is 1. The van der Waals surface area contributed by atoms with Gasteiger partial charge in [-0.3, -0.25) is 19.6 Å². The number of aliphatic imine (C=N–C) groups is 1. The number of carboxylic acid groups (broad SMARTS) is 2. The summed E-state index contributed by atoms with van der Waals surface area (Å²) in [5, 5.41) is 18.2. The fraction of sp³-hybridized carbons (Fsp3) is 0.250. The second kappa shape index (κ2) is 10.1. The summed E-state index contributed by atoms with van der Waals surface area (Å²) >= 11 is 0. The molecule has 1 aromatic carbocycles. The van der Waals surface area contributed by atoms with Crippen LogP contribution in [-0.4, -0.2) is 58.5 Å². The fourth-order valence-electron chi connectivity index (χ4n) is 2.91. The molecular weight excluding hydrogens is 449 g/mol. The highest BCUT2D eigenvalue weighted by molar-refractivity contribution is 6.03. The Labute approximate surface area is 184 Å². The van der Waals surface area contributed by atoms with E-state index in [4.69, 9.17) is 25.5 Å². The van der Waals surface area contributed by atoms with Crippen LogP contribution in [0, 0.1) is 5.82 Å². The molecule has 1 aromatic heterocycles. The lowest BCUT2D eigenvalue weighted by Crippen LogP contribution is -2.45. The minimum absolute atomic E-state index is 0.0106. The molecule has 5 N–H and O–H groups in total. The molecule has 1 atom stereocenters. The van der Waals surface area contributed by atoms with Gasteiger partial charge in [-0.15, -0.1) is 0 Å². The van der Waals surface area contributed by atoms with E-state index in [0.717, 1.165) is 25.3 Å². The summed E-state index contributed by atoms with van der Waals surface area (Å²) in [5.74, 6) is -6.71. The monoisotopic (exact) mass is 468 g/mol. The van der Waals surface area contributed by atoms with Crippen LogP contribution >= 0.6 is 0 Å². The number of nitrogens with two attached hydrogens (primary N) is 1. The van der Waals surface area contributed by atoms with Crippen molar-refractivity contribution < 1.29 is 42.5 Å². The largest absolute Gasteiger partial charge is 0.483 e. The van der Waals surface area contributed by atoms with E-state index in [2.05, 4.69) is 15.3 Å². The van der Waals surface area contributed by atoms with Crippen molar-refractivity contribution in [2.75, 3.05) is 18.5 Å². The van der Waals surface area contributed by atoms with Crippen LogP contribution in [0.3, 0.4) is 0 Å². The number of pyridine rings is 1. The molecule has 2 aromatic rings. The summed E-state index contributed by atoms with van der Waals surface area (Å²) in [7, 11) is 0. The average molecular weight is 468 g/mol. The highest BCUT2D eigenvalue weighted by atomic mass is 19.3. The number of carboxylic acids is 1. The number of benzene rings is 1. The van der Waals surface area contributed by atoms with E-state index in [1.54, 1.807) is 0 Å². The lowest BCUT2D eigenvalue weighted by molar-refractivity contribution is -0.122. The highest BCUT2D eigenvalue weighted by Crippen LogP contribution is 2.44. The molecule has 176 valence electrons. The van der Waals surface area contributed by atoms with Gasteiger partial charge in [0.15, 0.2) is 5.54 Å². The molecule has 1 aliphatic heterocycles. The predicted molar refractivity (Wildman–Crippen MR) is 109 cm³/mol. The molecule has 0 spiro atoms. The molecule has 13 heteroatoms. The van der Waals surface area contributed by atoms with Crippen molar-refractivity contribution in [1.29, 1.82) is 0 Å². The number of anilines is 1. The maximum Gasteiger partial charge on any atom is 0.337 e. The van der Waals surface area contributed by atoms with Crippen LogP contribution in [0.5, 0.6) is 0 Å². The van der Waals surface area contributed by atoms with Crippen molar-refractivity contribution in [1.82, 2.24) is 4.98 Å². The maximum atomic E-state index is 14.7. The number of carbonyl (C=O) groups excluding carboxylic acids is 1. The van der Waals surface area contributed by atoms with Gasteiger partial charge in [0.1, 0.15) is 30.6 Å². The van der Waals surface area contributed by atoms with E-state index < -0.39 is 41.3 Å². The van der Waals surface area contributed by atoms with Crippen LogP contribution in [0.1, 0.15) is 33.3 Å². The molecule has 3 rings (SSSR count). The summed E-state index contributed by atoms with van der Waals surface area (Å²) in [6, 6.07) is 5.51. The van der Waals surface area contributed by atoms with Gasteiger partial charge in [-0.05, 0) is 37.3 Å². The van der Waals surface area contributed by atoms with E-state index >= 15 is 0 Å². The topological polar surface area (TPSA) is 164 Å². The summed E-state index contributed by atoms with van der Waals surface area (Å²) in [6.45, 7) is -0.546. The molecular formula is C20H19F3N4O6. The molecule has 1 amide bonds. The first-order chi connectivity index (χ1) is 15.4. The number of amides is 1. The first-order valence-electron chi connectivity index (χ1n) is 9.13. The minimum Gasteiger partial charge on any atom is -0.483 e. The van der Waals surface area contributed by atoms with Crippen molar-refractivity contribution >= 4 is 29.9 Å². The van der Waals surface area contributed by atoms with E-state index in [1.807, 2.05) is 0 Å². The Kier molecular flexibility index (Phi) is 7.72. The van der Waals surface area contributed by atoms with Gasteiger partial charge < -0.3 is 26.0 Å². The summed E-state index contributed by atoms with van der Waals surface area (Å²) < 4.78 is 48.8. The summed E-state index contributed by atoms with van der Waals surface area (Å²) in [5.41, 5.74) is 2.53. The third-order valence-electron chi connectivity index (χ3n) is 4.60. The molecule has 33 heavy (non-hydrogen) atoms. The number of aromatic nitrogens is 1. The number of ether oxygens (including phenoxy) is 1. The Morgan fingerprint density at radius 1 is 1.27 bits per heavy atom. The smallest absolute Gasteiger partial charge is 0.337 e. The lowest BCUT2D eigenvalue weighted by Gasteiger charge is -2.33. The normalized spacial score (nSPS) is 19.2. The van der Waals surface area contributed by atoms with Crippen LogP contribution < -0.4 is 11.1 Å². The molecule has 0 aliphatic carbocycles. The van der Waals surface area contributed by atoms with Gasteiger partial charge in [0, 0.05) is 17.4 Å². The predicted octanol–water partition coefficient (Wildman–Crippen LogP) is 2.11. The van der Waals surface area contributed by atoms with Crippen LogP contribution in [0.4, 0.5) is 18.9 Å². The highest BCUT2D eigenvalue weighted by Gasteiger charge is 2.54. The molecule has 0 radical (unpaired) electrons.